The number of halogens is 4. The number of benzene rings is 2. The molecule has 0 nitrogen and oxygen atoms in total. The summed E-state index contributed by atoms with van der Waals surface area (Å²) in [7, 11) is 0. The van der Waals surface area contributed by atoms with Crippen molar-refractivity contribution in [3.8, 4) is 0 Å². The van der Waals surface area contributed by atoms with Crippen molar-refractivity contribution in [1.82, 2.24) is 0 Å². The predicted octanol–water partition coefficient (Wildman–Crippen LogP) is 12.0. The molecule has 0 amide bonds. The molecule has 6 aliphatic rings. The molecule has 0 aromatic heterocycles. The van der Waals surface area contributed by atoms with Gasteiger partial charge in [0.05, 0.1) is 0 Å². The van der Waals surface area contributed by atoms with Gasteiger partial charge >= 0.3 is 275 Å². The minimum atomic E-state index is -3.02. The van der Waals surface area contributed by atoms with E-state index in [4.69, 9.17) is 0 Å². The molecule has 0 saturated heterocycles. The summed E-state index contributed by atoms with van der Waals surface area (Å²) >= 11 is -5.78. The van der Waals surface area contributed by atoms with Crippen LogP contribution < -0.4 is 0 Å². The van der Waals surface area contributed by atoms with E-state index in [-0.39, 0.29) is 49.6 Å². The van der Waals surface area contributed by atoms with Crippen molar-refractivity contribution in [2.45, 2.75) is 71.6 Å². The molecule has 260 valence electrons. The molecular weight excluding hydrogens is 861 g/mol. The molecule has 2 aromatic rings. The van der Waals surface area contributed by atoms with E-state index in [9.17, 15) is 0 Å². The third-order valence-corrected chi connectivity index (χ3v) is 50.8. The molecule has 8 rings (SSSR count). The SMILES string of the molecule is Cl.Cl.Cl.Cl.[CH3][Zr]([CH3])(=[SiH2])([CH]1C=Cc2ccccc21)[CH]1C=Cc2ccccc21.[CH3][Zr]([CH3])(=[SiH2])([CH]1CCC2CC=CC=C21)[CH]1CCC2CC=CC=C21. The molecule has 6 atom stereocenters. The Morgan fingerprint density at radius 1 is 0.542 bits per heavy atom. The first kappa shape index (κ1) is 42.7. The van der Waals surface area contributed by atoms with Crippen LogP contribution in [0.2, 0.25) is 25.8 Å². The first-order chi connectivity index (χ1) is 20.9. The minimum absolute atomic E-state index is 0. The van der Waals surface area contributed by atoms with Gasteiger partial charge in [0.1, 0.15) is 0 Å². The quantitative estimate of drug-likeness (QED) is 0.268. The van der Waals surface area contributed by atoms with E-state index in [0.29, 0.717) is 7.25 Å². The Bertz CT molecular complexity index is 1720. The van der Waals surface area contributed by atoms with E-state index in [0.717, 1.165) is 19.1 Å². The van der Waals surface area contributed by atoms with E-state index >= 15 is 0 Å². The zero-order chi connectivity index (χ0) is 30.8. The third-order valence-electron chi connectivity index (χ3n) is 13.0. The van der Waals surface area contributed by atoms with E-state index < -0.39 is 34.8 Å². The van der Waals surface area contributed by atoms with Crippen LogP contribution in [0.5, 0.6) is 0 Å². The van der Waals surface area contributed by atoms with E-state index in [1.807, 2.05) is 11.1 Å². The van der Waals surface area contributed by atoms with Crippen molar-refractivity contribution < 1.29 is 34.8 Å². The number of rotatable bonds is 4. The molecule has 0 radical (unpaired) electrons. The third kappa shape index (κ3) is 7.51. The molecule has 0 spiro atoms. The van der Waals surface area contributed by atoms with Gasteiger partial charge in [0.25, 0.3) is 0 Å². The van der Waals surface area contributed by atoms with Gasteiger partial charge in [-0.05, 0) is 0 Å². The molecule has 0 aliphatic heterocycles. The summed E-state index contributed by atoms with van der Waals surface area (Å²) in [6, 6.07) is 17.9. The van der Waals surface area contributed by atoms with Crippen LogP contribution in [0.4, 0.5) is 0 Å². The number of allylic oxidation sites excluding steroid dienone is 10. The first-order valence-corrected chi connectivity index (χ1v) is 44.7. The van der Waals surface area contributed by atoms with E-state index in [2.05, 4.69) is 142 Å². The van der Waals surface area contributed by atoms with Crippen LogP contribution in [0, 0.1) is 11.8 Å². The van der Waals surface area contributed by atoms with Gasteiger partial charge in [-0.2, -0.15) is 0 Å². The number of hydrogen-bond donors (Lipinski definition) is 0. The van der Waals surface area contributed by atoms with E-state index in [1.165, 1.54) is 49.7 Å². The monoisotopic (exact) mass is 912 g/mol. The van der Waals surface area contributed by atoms with Gasteiger partial charge in [0.2, 0.25) is 0 Å². The molecule has 2 saturated carbocycles. The van der Waals surface area contributed by atoms with Crippen LogP contribution in [0.3, 0.4) is 0 Å². The molecule has 6 aliphatic carbocycles. The van der Waals surface area contributed by atoms with Crippen molar-refractivity contribution in [3.05, 3.63) is 131 Å². The molecule has 0 bridgehead atoms. The maximum atomic E-state index is 2.80. The van der Waals surface area contributed by atoms with Gasteiger partial charge in [-0.25, -0.2) is 0 Å². The van der Waals surface area contributed by atoms with Gasteiger partial charge in [-0.1, -0.05) is 0 Å². The van der Waals surface area contributed by atoms with Crippen LogP contribution >= 0.6 is 49.6 Å². The van der Waals surface area contributed by atoms with Crippen LogP contribution in [0.1, 0.15) is 68.0 Å². The van der Waals surface area contributed by atoms with E-state index in [1.54, 1.807) is 11.1 Å². The van der Waals surface area contributed by atoms with Gasteiger partial charge in [0.15, 0.2) is 0 Å². The molecule has 0 heterocycles. The van der Waals surface area contributed by atoms with Crippen molar-refractivity contribution >= 4 is 75.5 Å². The fourth-order valence-corrected chi connectivity index (χ4v) is 44.4. The standard InChI is InChI=1S/2C9H11.2C9H7.4CH3.4ClH.2H2Si.2Zr/c4*1-2-5-9-7-3-6-8(9)4-1;;;;;;;;;;;;/h2*1-2,4,6,9H,3,5,7H2;2*1-7H;4*1H3;4*1H;2*1H2;;. The summed E-state index contributed by atoms with van der Waals surface area (Å²) in [6.45, 7) is 4.91. The van der Waals surface area contributed by atoms with Crippen LogP contribution in [-0.2, 0) is 34.8 Å². The zero-order valence-electron chi connectivity index (χ0n) is 29.1. The second-order valence-corrected chi connectivity index (χ2v) is 78.9. The molecule has 2 aromatic carbocycles. The second-order valence-electron chi connectivity index (χ2n) is 17.1. The fourth-order valence-electron chi connectivity index (χ4n) is 10.5. The van der Waals surface area contributed by atoms with Gasteiger partial charge in [-0.3, -0.25) is 0 Å². The molecule has 6 unspecified atom stereocenters. The van der Waals surface area contributed by atoms with Crippen molar-refractivity contribution in [3.63, 3.8) is 0 Å². The Morgan fingerprint density at radius 3 is 1.35 bits per heavy atom. The Labute approximate surface area is 320 Å². The van der Waals surface area contributed by atoms with Crippen LogP contribution in [0.15, 0.2) is 108 Å². The molecule has 0 N–H and O–H groups in total. The Balaban J connectivity index is 0.000000240. The molecule has 2 fully saturated rings. The Morgan fingerprint density at radius 2 is 0.938 bits per heavy atom. The van der Waals surface area contributed by atoms with Crippen molar-refractivity contribution in [2.75, 3.05) is 0 Å². The maximum absolute atomic E-state index is 3.02. The molecular formula is C40H56Cl4Si2Zr2. The summed E-state index contributed by atoms with van der Waals surface area (Å²) in [5.41, 5.74) is 9.71. The van der Waals surface area contributed by atoms with Crippen LogP contribution in [0.25, 0.3) is 12.2 Å². The average molecular weight is 917 g/mol. The normalized spacial score (nSPS) is 27.6. The number of fused-ring (bicyclic) bond motifs is 4. The predicted molar refractivity (Wildman–Crippen MR) is 223 cm³/mol. The Kier molecular flexibility index (Phi) is 13.9. The summed E-state index contributed by atoms with van der Waals surface area (Å²) in [5, 5.41) is 0. The number of hydrogen-bond acceptors (Lipinski definition) is 0. The van der Waals surface area contributed by atoms with Crippen molar-refractivity contribution in [2.24, 2.45) is 11.8 Å². The Hall–Kier alpha value is 0.240. The summed E-state index contributed by atoms with van der Waals surface area (Å²) in [5.74, 6) is 1.79. The summed E-state index contributed by atoms with van der Waals surface area (Å²) < 4.78 is 14.2. The van der Waals surface area contributed by atoms with Gasteiger partial charge in [-0.15, -0.1) is 49.6 Å². The second kappa shape index (κ2) is 15.7. The van der Waals surface area contributed by atoms with Crippen LogP contribution in [-0.4, -0.2) is 13.8 Å². The molecule has 48 heavy (non-hydrogen) atoms. The topological polar surface area (TPSA) is 0 Å². The summed E-state index contributed by atoms with van der Waals surface area (Å²) in [4.78, 5) is 0. The van der Waals surface area contributed by atoms with Gasteiger partial charge < -0.3 is 0 Å². The van der Waals surface area contributed by atoms with Gasteiger partial charge in [0, 0.05) is 0 Å². The fraction of sp³-hybridized carbons (Fsp3) is 0.400. The average Bonchev–Trinajstić information content (AvgIpc) is 3.81. The summed E-state index contributed by atoms with van der Waals surface area (Å²) in [6.07, 6.45) is 32.7. The van der Waals surface area contributed by atoms with Crippen molar-refractivity contribution in [1.29, 1.82) is 0 Å². The molecule has 8 heteroatoms. The zero-order valence-corrected chi connectivity index (χ0v) is 40.2. The first-order valence-electron chi connectivity index (χ1n) is 17.3.